The van der Waals surface area contributed by atoms with E-state index in [0.29, 0.717) is 25.9 Å². The molecular formula is C15H31N3O2. The molecule has 0 aliphatic carbocycles. The standard InChI is InChI=1S/C15H31N3O2/c1-5-6-8-12(11-16)18-13(19)9-7-10-17-14(20)15(2,3)4/h12H,5-11,16H2,1-4H3,(H,17,20)(H,18,19). The average Bonchev–Trinajstić information content (AvgIpc) is 2.38. The molecule has 4 N–H and O–H groups in total. The maximum absolute atomic E-state index is 11.7. The van der Waals surface area contributed by atoms with Crippen LogP contribution >= 0.6 is 0 Å². The molecule has 0 aromatic heterocycles. The molecule has 0 saturated heterocycles. The Labute approximate surface area is 123 Å². The lowest BCUT2D eigenvalue weighted by molar-refractivity contribution is -0.128. The molecule has 1 unspecified atom stereocenters. The molecule has 0 spiro atoms. The summed E-state index contributed by atoms with van der Waals surface area (Å²) in [5, 5.41) is 5.78. The van der Waals surface area contributed by atoms with Gasteiger partial charge >= 0.3 is 0 Å². The fraction of sp³-hybridized carbons (Fsp3) is 0.867. The molecule has 5 nitrogen and oxygen atoms in total. The molecule has 1 atom stereocenters. The summed E-state index contributed by atoms with van der Waals surface area (Å²) in [5.41, 5.74) is 5.25. The van der Waals surface area contributed by atoms with Gasteiger partial charge in [-0.15, -0.1) is 0 Å². The van der Waals surface area contributed by atoms with E-state index in [0.717, 1.165) is 19.3 Å². The van der Waals surface area contributed by atoms with Crippen LogP contribution in [0.2, 0.25) is 0 Å². The van der Waals surface area contributed by atoms with Crippen molar-refractivity contribution in [2.45, 2.75) is 65.8 Å². The van der Waals surface area contributed by atoms with E-state index in [9.17, 15) is 9.59 Å². The minimum Gasteiger partial charge on any atom is -0.356 e. The Morgan fingerprint density at radius 3 is 2.35 bits per heavy atom. The number of amides is 2. The zero-order chi connectivity index (χ0) is 15.6. The van der Waals surface area contributed by atoms with Crippen LogP contribution in [0.4, 0.5) is 0 Å². The summed E-state index contributed by atoms with van der Waals surface area (Å²) in [6.07, 6.45) is 4.18. The first-order chi connectivity index (χ1) is 9.31. The van der Waals surface area contributed by atoms with Crippen molar-refractivity contribution in [3.8, 4) is 0 Å². The van der Waals surface area contributed by atoms with Gasteiger partial charge in [-0.25, -0.2) is 0 Å². The first-order valence-corrected chi connectivity index (χ1v) is 7.59. The maximum Gasteiger partial charge on any atom is 0.225 e. The third kappa shape index (κ3) is 8.91. The molecule has 20 heavy (non-hydrogen) atoms. The summed E-state index contributed by atoms with van der Waals surface area (Å²) < 4.78 is 0. The largest absolute Gasteiger partial charge is 0.356 e. The number of rotatable bonds is 9. The van der Waals surface area contributed by atoms with Gasteiger partial charge in [0.25, 0.3) is 0 Å². The average molecular weight is 285 g/mol. The van der Waals surface area contributed by atoms with Gasteiger partial charge in [-0.2, -0.15) is 0 Å². The van der Waals surface area contributed by atoms with Crippen LogP contribution in [-0.4, -0.2) is 30.9 Å². The fourth-order valence-corrected chi connectivity index (χ4v) is 1.72. The maximum atomic E-state index is 11.7. The van der Waals surface area contributed by atoms with Crippen LogP contribution < -0.4 is 16.4 Å². The van der Waals surface area contributed by atoms with Gasteiger partial charge in [-0.05, 0) is 12.8 Å². The van der Waals surface area contributed by atoms with E-state index in [1.54, 1.807) is 0 Å². The van der Waals surface area contributed by atoms with Gasteiger partial charge < -0.3 is 16.4 Å². The van der Waals surface area contributed by atoms with Crippen LogP contribution in [0.15, 0.2) is 0 Å². The Morgan fingerprint density at radius 1 is 1.20 bits per heavy atom. The van der Waals surface area contributed by atoms with Crippen molar-refractivity contribution in [2.75, 3.05) is 13.1 Å². The second kappa shape index (κ2) is 9.75. The number of nitrogens with two attached hydrogens (primary N) is 1. The van der Waals surface area contributed by atoms with Crippen molar-refractivity contribution >= 4 is 11.8 Å². The molecule has 0 aliphatic rings. The molecule has 2 amide bonds. The molecule has 0 bridgehead atoms. The van der Waals surface area contributed by atoms with Gasteiger partial charge in [0.1, 0.15) is 0 Å². The molecule has 0 heterocycles. The Hall–Kier alpha value is -1.10. The molecule has 0 fully saturated rings. The van der Waals surface area contributed by atoms with E-state index < -0.39 is 0 Å². The second-order valence-electron chi connectivity index (χ2n) is 6.25. The molecule has 0 saturated carbocycles. The summed E-state index contributed by atoms with van der Waals surface area (Å²) >= 11 is 0. The minimum absolute atomic E-state index is 0.0145. The van der Waals surface area contributed by atoms with E-state index in [-0.39, 0.29) is 23.3 Å². The highest BCUT2D eigenvalue weighted by atomic mass is 16.2. The summed E-state index contributed by atoms with van der Waals surface area (Å²) in [6.45, 7) is 8.74. The number of hydrogen-bond donors (Lipinski definition) is 3. The normalized spacial score (nSPS) is 12.8. The quantitative estimate of drug-likeness (QED) is 0.562. The van der Waals surface area contributed by atoms with E-state index in [1.165, 1.54) is 0 Å². The fourth-order valence-electron chi connectivity index (χ4n) is 1.72. The van der Waals surface area contributed by atoms with Crippen LogP contribution in [0.5, 0.6) is 0 Å². The van der Waals surface area contributed by atoms with Crippen molar-refractivity contribution in [3.05, 3.63) is 0 Å². The first kappa shape index (κ1) is 18.9. The van der Waals surface area contributed by atoms with Crippen molar-refractivity contribution in [1.82, 2.24) is 10.6 Å². The van der Waals surface area contributed by atoms with E-state index in [1.807, 2.05) is 20.8 Å². The summed E-state index contributed by atoms with van der Waals surface area (Å²) in [6, 6.07) is 0.0756. The zero-order valence-electron chi connectivity index (χ0n) is 13.4. The lowest BCUT2D eigenvalue weighted by atomic mass is 9.96. The van der Waals surface area contributed by atoms with Crippen LogP contribution in [0.25, 0.3) is 0 Å². The minimum atomic E-state index is -0.382. The molecule has 5 heteroatoms. The highest BCUT2D eigenvalue weighted by molar-refractivity contribution is 5.81. The topological polar surface area (TPSA) is 84.2 Å². The smallest absolute Gasteiger partial charge is 0.225 e. The molecule has 0 rings (SSSR count). The van der Waals surface area contributed by atoms with Crippen molar-refractivity contribution < 1.29 is 9.59 Å². The van der Waals surface area contributed by atoms with Gasteiger partial charge in [0.15, 0.2) is 0 Å². The summed E-state index contributed by atoms with van der Waals surface area (Å²) in [5.74, 6) is 0.0299. The first-order valence-electron chi connectivity index (χ1n) is 7.59. The van der Waals surface area contributed by atoms with Crippen molar-refractivity contribution in [2.24, 2.45) is 11.1 Å². The van der Waals surface area contributed by atoms with Crippen molar-refractivity contribution in [3.63, 3.8) is 0 Å². The number of hydrogen-bond acceptors (Lipinski definition) is 3. The predicted octanol–water partition coefficient (Wildman–Crippen LogP) is 1.56. The van der Waals surface area contributed by atoms with Gasteiger partial charge in [0.05, 0.1) is 0 Å². The van der Waals surface area contributed by atoms with Gasteiger partial charge in [-0.3, -0.25) is 9.59 Å². The lowest BCUT2D eigenvalue weighted by Gasteiger charge is -2.18. The monoisotopic (exact) mass is 285 g/mol. The molecule has 0 radical (unpaired) electrons. The molecule has 118 valence electrons. The van der Waals surface area contributed by atoms with E-state index in [4.69, 9.17) is 5.73 Å². The van der Waals surface area contributed by atoms with Crippen molar-refractivity contribution in [1.29, 1.82) is 0 Å². The number of nitrogens with one attached hydrogen (secondary N) is 2. The predicted molar refractivity (Wildman–Crippen MR) is 82.2 cm³/mol. The van der Waals surface area contributed by atoms with Gasteiger partial charge in [0, 0.05) is 31.0 Å². The highest BCUT2D eigenvalue weighted by Gasteiger charge is 2.20. The highest BCUT2D eigenvalue weighted by Crippen LogP contribution is 2.12. The molecule has 0 aromatic rings. The summed E-state index contributed by atoms with van der Waals surface area (Å²) in [7, 11) is 0. The van der Waals surface area contributed by atoms with Crippen LogP contribution in [-0.2, 0) is 9.59 Å². The molecular weight excluding hydrogens is 254 g/mol. The number of carbonyl (C=O) groups excluding carboxylic acids is 2. The van der Waals surface area contributed by atoms with E-state index >= 15 is 0 Å². The third-order valence-corrected chi connectivity index (χ3v) is 3.10. The summed E-state index contributed by atoms with van der Waals surface area (Å²) in [4.78, 5) is 23.4. The Bertz CT molecular complexity index is 298. The molecule has 0 aromatic carbocycles. The van der Waals surface area contributed by atoms with Gasteiger partial charge in [0.2, 0.25) is 11.8 Å². The number of carbonyl (C=O) groups is 2. The zero-order valence-corrected chi connectivity index (χ0v) is 13.4. The third-order valence-electron chi connectivity index (χ3n) is 3.10. The Kier molecular flexibility index (Phi) is 9.21. The number of unbranched alkanes of at least 4 members (excludes halogenated alkanes) is 1. The van der Waals surface area contributed by atoms with Gasteiger partial charge in [-0.1, -0.05) is 40.5 Å². The Morgan fingerprint density at radius 2 is 1.85 bits per heavy atom. The lowest BCUT2D eigenvalue weighted by Crippen LogP contribution is -2.40. The van der Waals surface area contributed by atoms with Crippen LogP contribution in [0.1, 0.15) is 59.8 Å². The SMILES string of the molecule is CCCCC(CN)NC(=O)CCCNC(=O)C(C)(C)C. The molecule has 0 aliphatic heterocycles. The Balaban J connectivity index is 3.80. The van der Waals surface area contributed by atoms with E-state index in [2.05, 4.69) is 17.6 Å². The van der Waals surface area contributed by atoms with Crippen LogP contribution in [0.3, 0.4) is 0 Å². The second-order valence-corrected chi connectivity index (χ2v) is 6.25. The van der Waals surface area contributed by atoms with Crippen LogP contribution in [0, 0.1) is 5.41 Å².